The zero-order chi connectivity index (χ0) is 17.3. The molecule has 0 radical (unpaired) electrons. The zero-order valence-corrected chi connectivity index (χ0v) is 13.7. The van der Waals surface area contributed by atoms with Crippen molar-refractivity contribution >= 4 is 17.9 Å². The first-order valence-electron chi connectivity index (χ1n) is 7.81. The number of imide groups is 1. The summed E-state index contributed by atoms with van der Waals surface area (Å²) >= 11 is 0. The summed E-state index contributed by atoms with van der Waals surface area (Å²) in [5.41, 5.74) is 1.11. The molecule has 3 rings (SSSR count). The number of amides is 3. The van der Waals surface area contributed by atoms with Crippen molar-refractivity contribution in [1.29, 1.82) is 0 Å². The Hall–Kier alpha value is -2.61. The normalized spacial score (nSPS) is 23.0. The summed E-state index contributed by atoms with van der Waals surface area (Å²) in [6.45, 7) is 0.779. The van der Waals surface area contributed by atoms with E-state index in [0.717, 1.165) is 5.56 Å². The van der Waals surface area contributed by atoms with Crippen molar-refractivity contribution in [2.75, 3.05) is 27.2 Å². The van der Waals surface area contributed by atoms with Crippen LogP contribution in [0.5, 0.6) is 0 Å². The fourth-order valence-corrected chi connectivity index (χ4v) is 3.10. The number of aliphatic hydroxyl groups is 1. The smallest absolute Gasteiger partial charge is 0.325 e. The number of benzene rings is 1. The summed E-state index contributed by atoms with van der Waals surface area (Å²) in [7, 11) is 3.49. The Morgan fingerprint density at radius 3 is 2.67 bits per heavy atom. The summed E-state index contributed by atoms with van der Waals surface area (Å²) in [4.78, 5) is 33.8. The minimum absolute atomic E-state index is 0.105. The number of β-amino-alcohol motifs (C(OH)–C–C–N with tert-alkyl or cyclic N) is 1. The topological polar surface area (TPSA) is 88.5 Å². The number of aliphatic imine (C=N–C) groups is 1. The van der Waals surface area contributed by atoms with Crippen LogP contribution in [0, 0.1) is 0 Å². The third kappa shape index (κ3) is 2.80. The number of nitrogens with one attached hydrogen (secondary N) is 1. The van der Waals surface area contributed by atoms with Crippen LogP contribution in [0.15, 0.2) is 35.3 Å². The van der Waals surface area contributed by atoms with E-state index in [4.69, 9.17) is 0 Å². The zero-order valence-electron chi connectivity index (χ0n) is 13.7. The van der Waals surface area contributed by atoms with Crippen molar-refractivity contribution in [3.8, 4) is 0 Å². The molecule has 0 aromatic heterocycles. The molecule has 2 unspecified atom stereocenters. The van der Waals surface area contributed by atoms with Gasteiger partial charge in [0.2, 0.25) is 0 Å². The largest absolute Gasteiger partial charge is 0.395 e. The van der Waals surface area contributed by atoms with E-state index in [-0.39, 0.29) is 19.1 Å². The highest BCUT2D eigenvalue weighted by Gasteiger charge is 2.49. The monoisotopic (exact) mass is 331 g/mol. The summed E-state index contributed by atoms with van der Waals surface area (Å²) in [6, 6.07) is 8.83. The third-order valence-electron chi connectivity index (χ3n) is 4.28. The Bertz CT molecular complexity index is 663. The van der Waals surface area contributed by atoms with Crippen molar-refractivity contribution in [2.45, 2.75) is 18.8 Å². The number of likely N-dealkylation sites (N-methyl/N-ethyl adjacent to an activating group) is 1. The van der Waals surface area contributed by atoms with Crippen molar-refractivity contribution in [3.63, 3.8) is 0 Å². The molecule has 2 atom stereocenters. The summed E-state index contributed by atoms with van der Waals surface area (Å²) < 4.78 is 0. The van der Waals surface area contributed by atoms with Crippen LogP contribution in [0.2, 0.25) is 0 Å². The van der Waals surface area contributed by atoms with Crippen LogP contribution < -0.4 is 5.32 Å². The van der Waals surface area contributed by atoms with Gasteiger partial charge in [-0.2, -0.15) is 0 Å². The second-order valence-corrected chi connectivity index (χ2v) is 5.95. The molecule has 2 heterocycles. The summed E-state index contributed by atoms with van der Waals surface area (Å²) in [6.07, 6.45) is -0.578. The lowest BCUT2D eigenvalue weighted by Gasteiger charge is -2.36. The van der Waals surface area contributed by atoms with E-state index < -0.39 is 18.2 Å². The second kappa shape index (κ2) is 6.48. The highest BCUT2D eigenvalue weighted by Crippen LogP contribution is 2.25. The number of carbonyl (C=O) groups is 2. The Kier molecular flexibility index (Phi) is 4.39. The van der Waals surface area contributed by atoms with Crippen molar-refractivity contribution in [3.05, 3.63) is 35.9 Å². The summed E-state index contributed by atoms with van der Waals surface area (Å²) in [5, 5.41) is 11.7. The second-order valence-electron chi connectivity index (χ2n) is 5.95. The summed E-state index contributed by atoms with van der Waals surface area (Å²) in [5.74, 6) is 0.211. The van der Waals surface area contributed by atoms with E-state index in [2.05, 4.69) is 10.3 Å². The van der Waals surface area contributed by atoms with Crippen LogP contribution in [-0.4, -0.2) is 77.2 Å². The van der Waals surface area contributed by atoms with E-state index in [1.54, 1.807) is 11.9 Å². The number of nitrogens with zero attached hydrogens (tertiary/aromatic N) is 4. The molecule has 1 aromatic carbocycles. The van der Waals surface area contributed by atoms with Gasteiger partial charge in [-0.3, -0.25) is 10.1 Å². The van der Waals surface area contributed by atoms with E-state index in [1.165, 1.54) is 4.90 Å². The number of rotatable bonds is 4. The SMILES string of the molecule is CN(Cc1ccccc1)C1=NC2C(C(=O)NC(=O)N2C)N1CCO. The van der Waals surface area contributed by atoms with Crippen LogP contribution in [0.3, 0.4) is 0 Å². The molecule has 8 nitrogen and oxygen atoms in total. The molecule has 0 aliphatic carbocycles. The van der Waals surface area contributed by atoms with Gasteiger partial charge in [0.25, 0.3) is 5.91 Å². The van der Waals surface area contributed by atoms with Gasteiger partial charge in [0.15, 0.2) is 18.2 Å². The Labute approximate surface area is 140 Å². The molecule has 2 N–H and O–H groups in total. The minimum Gasteiger partial charge on any atom is -0.395 e. The maximum atomic E-state index is 12.3. The molecule has 0 saturated carbocycles. The van der Waals surface area contributed by atoms with Gasteiger partial charge in [-0.05, 0) is 5.56 Å². The average Bonchev–Trinajstić information content (AvgIpc) is 2.94. The van der Waals surface area contributed by atoms with Crippen LogP contribution in [0.4, 0.5) is 4.79 Å². The molecular weight excluding hydrogens is 310 g/mol. The minimum atomic E-state index is -0.618. The molecule has 8 heteroatoms. The van der Waals surface area contributed by atoms with Crippen LogP contribution in [0.1, 0.15) is 5.56 Å². The number of hydrogen-bond acceptors (Lipinski definition) is 6. The van der Waals surface area contributed by atoms with Crippen LogP contribution in [-0.2, 0) is 11.3 Å². The first-order chi connectivity index (χ1) is 11.5. The Morgan fingerprint density at radius 2 is 2.00 bits per heavy atom. The Balaban J connectivity index is 1.87. The van der Waals surface area contributed by atoms with Gasteiger partial charge < -0.3 is 19.8 Å². The molecular formula is C16H21N5O3. The number of fused-ring (bicyclic) bond motifs is 1. The maximum absolute atomic E-state index is 12.3. The molecule has 0 bridgehead atoms. The van der Waals surface area contributed by atoms with Crippen molar-refractivity contribution in [2.24, 2.45) is 4.99 Å². The predicted molar refractivity (Wildman–Crippen MR) is 88.0 cm³/mol. The quantitative estimate of drug-likeness (QED) is 0.788. The van der Waals surface area contributed by atoms with Gasteiger partial charge >= 0.3 is 6.03 Å². The lowest BCUT2D eigenvalue weighted by Crippen LogP contribution is -2.64. The van der Waals surface area contributed by atoms with Crippen molar-refractivity contribution in [1.82, 2.24) is 20.0 Å². The maximum Gasteiger partial charge on any atom is 0.325 e. The lowest BCUT2D eigenvalue weighted by atomic mass is 10.1. The first-order valence-corrected chi connectivity index (χ1v) is 7.81. The molecule has 128 valence electrons. The van der Waals surface area contributed by atoms with Gasteiger partial charge in [-0.15, -0.1) is 0 Å². The third-order valence-corrected chi connectivity index (χ3v) is 4.28. The van der Waals surface area contributed by atoms with E-state index >= 15 is 0 Å². The molecule has 2 aliphatic rings. The number of urea groups is 1. The van der Waals surface area contributed by atoms with Gasteiger partial charge in [-0.1, -0.05) is 30.3 Å². The van der Waals surface area contributed by atoms with E-state index in [1.807, 2.05) is 42.3 Å². The Morgan fingerprint density at radius 1 is 1.29 bits per heavy atom. The van der Waals surface area contributed by atoms with Gasteiger partial charge in [0.05, 0.1) is 6.61 Å². The highest BCUT2D eigenvalue weighted by atomic mass is 16.3. The molecule has 24 heavy (non-hydrogen) atoms. The number of carbonyl (C=O) groups excluding carboxylic acids is 2. The molecule has 1 fully saturated rings. The lowest BCUT2D eigenvalue weighted by molar-refractivity contribution is -0.127. The fraction of sp³-hybridized carbons (Fsp3) is 0.438. The van der Waals surface area contributed by atoms with Gasteiger partial charge in [-0.25, -0.2) is 9.79 Å². The highest BCUT2D eigenvalue weighted by molar-refractivity contribution is 6.03. The van der Waals surface area contributed by atoms with Crippen LogP contribution >= 0.6 is 0 Å². The molecule has 3 amide bonds. The fourth-order valence-electron chi connectivity index (χ4n) is 3.10. The number of aliphatic hydroxyl groups excluding tert-OH is 1. The number of hydrogen-bond donors (Lipinski definition) is 2. The average molecular weight is 331 g/mol. The van der Waals surface area contributed by atoms with Crippen LogP contribution in [0.25, 0.3) is 0 Å². The van der Waals surface area contributed by atoms with E-state index in [9.17, 15) is 14.7 Å². The first kappa shape index (κ1) is 16.3. The van der Waals surface area contributed by atoms with E-state index in [0.29, 0.717) is 12.5 Å². The standard InChI is InChI=1S/C16H21N5O3/c1-19(10-11-6-4-3-5-7-11)15-17-13-12(21(15)8-9-22)14(23)18-16(24)20(13)2/h3-7,12-13,22H,8-10H2,1-2H3,(H,18,23,24). The predicted octanol–water partition coefficient (Wildman–Crippen LogP) is -0.341. The molecule has 0 spiro atoms. The molecule has 2 aliphatic heterocycles. The van der Waals surface area contributed by atoms with Gasteiger partial charge in [0.1, 0.15) is 0 Å². The molecule has 1 saturated heterocycles. The van der Waals surface area contributed by atoms with Crippen molar-refractivity contribution < 1.29 is 14.7 Å². The van der Waals surface area contributed by atoms with Gasteiger partial charge in [0, 0.05) is 27.2 Å². The number of guanidine groups is 1. The molecule has 1 aromatic rings.